The predicted octanol–water partition coefficient (Wildman–Crippen LogP) is 3.40. The largest absolute Gasteiger partial charge is 0.478 e. The molecule has 1 aromatic carbocycles. The molecule has 0 saturated heterocycles. The van der Waals surface area contributed by atoms with Crippen molar-refractivity contribution < 1.29 is 14.3 Å². The minimum atomic E-state index is -0.971. The average Bonchev–Trinajstić information content (AvgIpc) is 2.78. The van der Waals surface area contributed by atoms with Crippen LogP contribution in [-0.4, -0.2) is 29.1 Å². The summed E-state index contributed by atoms with van der Waals surface area (Å²) < 4.78 is 5.69. The Morgan fingerprint density at radius 2 is 2.05 bits per heavy atom. The maximum Gasteiger partial charge on any atom is 0.335 e. The summed E-state index contributed by atoms with van der Waals surface area (Å²) in [6, 6.07) is 5.44. The summed E-state index contributed by atoms with van der Waals surface area (Å²) >= 11 is 0. The molecule has 0 spiro atoms. The highest BCUT2D eigenvalue weighted by Crippen LogP contribution is 2.29. The molecule has 1 aromatic heterocycles. The first kappa shape index (κ1) is 14.4. The number of anilines is 1. The maximum atomic E-state index is 11.0. The minimum Gasteiger partial charge on any atom is -0.478 e. The van der Waals surface area contributed by atoms with E-state index in [1.807, 2.05) is 11.9 Å². The quantitative estimate of drug-likeness (QED) is 0.930. The van der Waals surface area contributed by atoms with E-state index < -0.39 is 5.97 Å². The lowest BCUT2D eigenvalue weighted by Gasteiger charge is -2.34. The van der Waals surface area contributed by atoms with Crippen molar-refractivity contribution in [2.24, 2.45) is 5.41 Å². The third-order valence-corrected chi connectivity index (χ3v) is 3.76. The number of hydrogen-bond acceptors (Lipinski definition) is 4. The summed E-state index contributed by atoms with van der Waals surface area (Å²) in [5.74, 6) is -0.971. The number of rotatable bonds is 3. The predicted molar refractivity (Wildman–Crippen MR) is 78.3 cm³/mol. The number of carbonyl (C=O) groups is 1. The van der Waals surface area contributed by atoms with Gasteiger partial charge in [-0.05, 0) is 30.5 Å². The van der Waals surface area contributed by atoms with Gasteiger partial charge >= 0.3 is 5.97 Å². The standard InChI is InChI=1S/C15H20N2O3/c1-9(15(2,3)4)17(5)14-16-11-7-6-10(13(18)19)8-12(11)20-14/h6-9H,1-5H3,(H,18,19). The Labute approximate surface area is 118 Å². The molecule has 0 bridgehead atoms. The molecule has 1 N–H and O–H groups in total. The van der Waals surface area contributed by atoms with Crippen LogP contribution in [0.25, 0.3) is 11.1 Å². The topological polar surface area (TPSA) is 66.6 Å². The molecule has 0 aliphatic carbocycles. The summed E-state index contributed by atoms with van der Waals surface area (Å²) in [5, 5.41) is 8.98. The number of carboxylic acids is 1. The molecule has 5 nitrogen and oxygen atoms in total. The van der Waals surface area contributed by atoms with E-state index in [4.69, 9.17) is 9.52 Å². The van der Waals surface area contributed by atoms with E-state index in [-0.39, 0.29) is 17.0 Å². The first-order chi connectivity index (χ1) is 9.20. The van der Waals surface area contributed by atoms with E-state index in [9.17, 15) is 4.79 Å². The number of carboxylic acid groups (broad SMARTS) is 1. The highest BCUT2D eigenvalue weighted by Gasteiger charge is 2.26. The van der Waals surface area contributed by atoms with Crippen molar-refractivity contribution >= 4 is 23.1 Å². The van der Waals surface area contributed by atoms with Gasteiger partial charge in [-0.25, -0.2) is 4.79 Å². The van der Waals surface area contributed by atoms with E-state index in [1.165, 1.54) is 12.1 Å². The normalized spacial score (nSPS) is 13.4. The van der Waals surface area contributed by atoms with Crippen molar-refractivity contribution in [2.75, 3.05) is 11.9 Å². The third-order valence-electron chi connectivity index (χ3n) is 3.76. The van der Waals surface area contributed by atoms with E-state index in [1.54, 1.807) is 6.07 Å². The molecule has 20 heavy (non-hydrogen) atoms. The lowest BCUT2D eigenvalue weighted by Crippen LogP contribution is -2.39. The Morgan fingerprint density at radius 3 is 2.60 bits per heavy atom. The zero-order valence-electron chi connectivity index (χ0n) is 12.5. The van der Waals surface area contributed by atoms with Gasteiger partial charge in [0.05, 0.1) is 5.56 Å². The van der Waals surface area contributed by atoms with E-state index in [0.29, 0.717) is 17.1 Å². The van der Waals surface area contributed by atoms with E-state index >= 15 is 0 Å². The van der Waals surface area contributed by atoms with Gasteiger partial charge in [-0.3, -0.25) is 0 Å². The minimum absolute atomic E-state index is 0.0849. The molecule has 0 radical (unpaired) electrons. The second-order valence-corrected chi connectivity index (χ2v) is 6.14. The fraction of sp³-hybridized carbons (Fsp3) is 0.467. The first-order valence-corrected chi connectivity index (χ1v) is 6.57. The van der Waals surface area contributed by atoms with Crippen LogP contribution in [0.4, 0.5) is 6.01 Å². The van der Waals surface area contributed by atoms with Crippen molar-refractivity contribution in [3.63, 3.8) is 0 Å². The molecule has 0 aliphatic rings. The molecular formula is C15H20N2O3. The Hall–Kier alpha value is -2.04. The first-order valence-electron chi connectivity index (χ1n) is 6.57. The molecule has 0 saturated carbocycles. The number of fused-ring (bicyclic) bond motifs is 1. The van der Waals surface area contributed by atoms with Crippen molar-refractivity contribution in [1.82, 2.24) is 4.98 Å². The van der Waals surface area contributed by atoms with Crippen LogP contribution >= 0.6 is 0 Å². The highest BCUT2D eigenvalue weighted by atomic mass is 16.4. The van der Waals surface area contributed by atoms with Gasteiger partial charge in [-0.2, -0.15) is 4.98 Å². The molecule has 2 rings (SSSR count). The number of hydrogen-bond donors (Lipinski definition) is 1. The summed E-state index contributed by atoms with van der Waals surface area (Å²) in [5.41, 5.74) is 1.44. The van der Waals surface area contributed by atoms with E-state index in [2.05, 4.69) is 32.7 Å². The molecule has 1 heterocycles. The summed E-state index contributed by atoms with van der Waals surface area (Å²) in [4.78, 5) is 17.3. The van der Waals surface area contributed by atoms with Crippen LogP contribution in [0.2, 0.25) is 0 Å². The number of nitrogens with zero attached hydrogens (tertiary/aromatic N) is 2. The molecule has 0 amide bonds. The number of aromatic nitrogens is 1. The van der Waals surface area contributed by atoms with Gasteiger partial charge < -0.3 is 14.4 Å². The molecule has 5 heteroatoms. The van der Waals surface area contributed by atoms with Gasteiger partial charge in [0.2, 0.25) is 0 Å². The lowest BCUT2D eigenvalue weighted by atomic mass is 9.87. The van der Waals surface area contributed by atoms with Gasteiger partial charge in [0.1, 0.15) is 5.52 Å². The van der Waals surface area contributed by atoms with Gasteiger partial charge in [0.25, 0.3) is 6.01 Å². The Balaban J connectivity index is 2.39. The number of benzene rings is 1. The molecule has 0 fully saturated rings. The van der Waals surface area contributed by atoms with Crippen LogP contribution < -0.4 is 4.90 Å². The van der Waals surface area contributed by atoms with Crippen LogP contribution in [0.1, 0.15) is 38.1 Å². The van der Waals surface area contributed by atoms with Crippen molar-refractivity contribution in [3.05, 3.63) is 23.8 Å². The number of oxazole rings is 1. The Bertz CT molecular complexity index is 640. The van der Waals surface area contributed by atoms with Crippen LogP contribution in [0.15, 0.2) is 22.6 Å². The number of aromatic carboxylic acids is 1. The van der Waals surface area contributed by atoms with Gasteiger partial charge in [-0.1, -0.05) is 20.8 Å². The zero-order valence-corrected chi connectivity index (χ0v) is 12.5. The van der Waals surface area contributed by atoms with Gasteiger partial charge in [-0.15, -0.1) is 0 Å². The molecular weight excluding hydrogens is 256 g/mol. The second kappa shape index (κ2) is 4.81. The maximum absolute atomic E-state index is 11.0. The van der Waals surface area contributed by atoms with Crippen LogP contribution in [0.3, 0.4) is 0 Å². The summed E-state index contributed by atoms with van der Waals surface area (Å²) in [7, 11) is 1.93. The average molecular weight is 276 g/mol. The summed E-state index contributed by atoms with van der Waals surface area (Å²) in [6.07, 6.45) is 0. The molecule has 1 atom stereocenters. The van der Waals surface area contributed by atoms with Crippen molar-refractivity contribution in [1.29, 1.82) is 0 Å². The van der Waals surface area contributed by atoms with E-state index in [0.717, 1.165) is 0 Å². The van der Waals surface area contributed by atoms with Crippen LogP contribution in [0.5, 0.6) is 0 Å². The molecule has 2 aromatic rings. The van der Waals surface area contributed by atoms with Crippen molar-refractivity contribution in [3.8, 4) is 0 Å². The van der Waals surface area contributed by atoms with Gasteiger partial charge in [0, 0.05) is 13.1 Å². The monoisotopic (exact) mass is 276 g/mol. The van der Waals surface area contributed by atoms with Gasteiger partial charge in [0.15, 0.2) is 5.58 Å². The van der Waals surface area contributed by atoms with Crippen molar-refractivity contribution in [2.45, 2.75) is 33.7 Å². The fourth-order valence-electron chi connectivity index (χ4n) is 1.94. The summed E-state index contributed by atoms with van der Waals surface area (Å²) in [6.45, 7) is 8.57. The lowest BCUT2D eigenvalue weighted by molar-refractivity contribution is 0.0697. The SMILES string of the molecule is CC(N(C)c1nc2ccc(C(=O)O)cc2o1)C(C)(C)C. The van der Waals surface area contributed by atoms with Crippen LogP contribution in [0, 0.1) is 5.41 Å². The second-order valence-electron chi connectivity index (χ2n) is 6.14. The smallest absolute Gasteiger partial charge is 0.335 e. The Kier molecular flexibility index (Phi) is 3.46. The fourth-order valence-corrected chi connectivity index (χ4v) is 1.94. The molecule has 108 valence electrons. The third kappa shape index (κ3) is 2.61. The zero-order chi connectivity index (χ0) is 15.1. The highest BCUT2D eigenvalue weighted by molar-refractivity contribution is 5.92. The van der Waals surface area contributed by atoms with Crippen LogP contribution in [-0.2, 0) is 0 Å². The molecule has 0 aliphatic heterocycles. The Morgan fingerprint density at radius 1 is 1.40 bits per heavy atom. The molecule has 1 unspecified atom stereocenters.